The van der Waals surface area contributed by atoms with Crippen molar-refractivity contribution in [3.63, 3.8) is 0 Å². The van der Waals surface area contributed by atoms with Gasteiger partial charge in [-0.2, -0.15) is 0 Å². The molecule has 0 atom stereocenters. The van der Waals surface area contributed by atoms with Gasteiger partial charge < -0.3 is 0 Å². The number of hydrogen-bond donors (Lipinski definition) is 0. The molecule has 0 N–H and O–H groups in total. The van der Waals surface area contributed by atoms with E-state index in [0.29, 0.717) is 0 Å². The highest BCUT2D eigenvalue weighted by Gasteiger charge is 2.41. The van der Waals surface area contributed by atoms with Crippen LogP contribution in [0.1, 0.15) is 109 Å². The van der Waals surface area contributed by atoms with Crippen LogP contribution in [0.4, 0.5) is 0 Å². The Hall–Kier alpha value is 0. The number of rotatable bonds is 0. The van der Waals surface area contributed by atoms with Crippen molar-refractivity contribution in [1.82, 2.24) is 0 Å². The second kappa shape index (κ2) is 7.92. The number of hydrogen-bond acceptors (Lipinski definition) is 0. The summed E-state index contributed by atoms with van der Waals surface area (Å²) in [7, 11) is 0. The molecule has 0 aromatic heterocycles. The molecule has 132 valence electrons. The lowest BCUT2D eigenvalue weighted by Crippen LogP contribution is -2.38. The molecule has 23 heavy (non-hydrogen) atoms. The normalized spacial score (nSPS) is 45.9. The second-order valence-corrected chi connectivity index (χ2v) is 10.1. The van der Waals surface area contributed by atoms with Crippen LogP contribution >= 0.6 is 0 Å². The summed E-state index contributed by atoms with van der Waals surface area (Å²) in [5, 5.41) is 0. The maximum Gasteiger partial charge on any atom is -0.0406 e. The Morgan fingerprint density at radius 1 is 0.261 bits per heavy atom. The van der Waals surface area contributed by atoms with Crippen LogP contribution in [0.5, 0.6) is 0 Å². The highest BCUT2D eigenvalue weighted by molar-refractivity contribution is 4.93. The lowest BCUT2D eigenvalue weighted by molar-refractivity contribution is 0.0198. The molecule has 7 aliphatic carbocycles. The van der Waals surface area contributed by atoms with Gasteiger partial charge in [-0.05, 0) is 80.5 Å². The SMILES string of the molecule is C1C2CC3CC1CC(C2)C3.C1CC2CCC1C2.C1CCCCC1. The summed E-state index contributed by atoms with van der Waals surface area (Å²) in [4.78, 5) is 0. The predicted molar refractivity (Wildman–Crippen MR) is 99.4 cm³/mol. The Morgan fingerprint density at radius 3 is 0.652 bits per heavy atom. The topological polar surface area (TPSA) is 0 Å². The van der Waals surface area contributed by atoms with Crippen LogP contribution < -0.4 is 0 Å². The molecule has 0 nitrogen and oxygen atoms in total. The molecule has 0 heteroatoms. The molecule has 0 heterocycles. The average molecular weight is 317 g/mol. The van der Waals surface area contributed by atoms with Crippen LogP contribution in [0, 0.1) is 35.5 Å². The summed E-state index contributed by atoms with van der Waals surface area (Å²) in [6.45, 7) is 0. The summed E-state index contributed by atoms with van der Waals surface area (Å²) in [6, 6.07) is 0. The zero-order valence-electron chi connectivity index (χ0n) is 15.5. The first-order valence-corrected chi connectivity index (χ1v) is 11.3. The molecule has 0 spiro atoms. The van der Waals surface area contributed by atoms with Gasteiger partial charge in [0.15, 0.2) is 0 Å². The molecular weight excluding hydrogens is 276 g/mol. The third kappa shape index (κ3) is 4.55. The van der Waals surface area contributed by atoms with Gasteiger partial charge in [-0.1, -0.05) is 64.2 Å². The van der Waals surface area contributed by atoms with Gasteiger partial charge in [0.2, 0.25) is 0 Å². The first-order valence-electron chi connectivity index (χ1n) is 11.3. The molecule has 0 amide bonds. The molecule has 6 bridgehead atoms. The maximum atomic E-state index is 1.60. The van der Waals surface area contributed by atoms with Crippen LogP contribution in [0.25, 0.3) is 0 Å². The van der Waals surface area contributed by atoms with Gasteiger partial charge in [-0.25, -0.2) is 0 Å². The minimum Gasteiger partial charge on any atom is -0.0533 e. The molecule has 7 saturated carbocycles. The average Bonchev–Trinajstić information content (AvgIpc) is 3.22. The summed E-state index contributed by atoms with van der Waals surface area (Å²) in [5.41, 5.74) is 0. The largest absolute Gasteiger partial charge is 0.0533 e. The molecule has 7 fully saturated rings. The van der Waals surface area contributed by atoms with E-state index in [-0.39, 0.29) is 0 Å². The van der Waals surface area contributed by atoms with Gasteiger partial charge >= 0.3 is 0 Å². The smallest absolute Gasteiger partial charge is 0.0406 e. The Bertz CT molecular complexity index is 267. The van der Waals surface area contributed by atoms with E-state index in [4.69, 9.17) is 0 Å². The van der Waals surface area contributed by atoms with Crippen molar-refractivity contribution in [3.05, 3.63) is 0 Å². The van der Waals surface area contributed by atoms with E-state index in [0.717, 1.165) is 0 Å². The summed E-state index contributed by atoms with van der Waals surface area (Å²) < 4.78 is 0. The minimum absolute atomic E-state index is 1.17. The van der Waals surface area contributed by atoms with Crippen LogP contribution in [0.2, 0.25) is 0 Å². The van der Waals surface area contributed by atoms with Gasteiger partial charge in [0.05, 0.1) is 0 Å². The molecule has 0 radical (unpaired) electrons. The van der Waals surface area contributed by atoms with Gasteiger partial charge in [0, 0.05) is 0 Å². The quantitative estimate of drug-likeness (QED) is 0.437. The van der Waals surface area contributed by atoms with Crippen LogP contribution in [0.3, 0.4) is 0 Å². The third-order valence-electron chi connectivity index (χ3n) is 8.13. The Labute approximate surface area is 145 Å². The fourth-order valence-corrected chi connectivity index (χ4v) is 7.22. The van der Waals surface area contributed by atoms with Crippen molar-refractivity contribution >= 4 is 0 Å². The van der Waals surface area contributed by atoms with E-state index in [1.807, 2.05) is 0 Å². The van der Waals surface area contributed by atoms with E-state index >= 15 is 0 Å². The van der Waals surface area contributed by atoms with Gasteiger partial charge in [-0.15, -0.1) is 0 Å². The highest BCUT2D eigenvalue weighted by atomic mass is 14.5. The highest BCUT2D eigenvalue weighted by Crippen LogP contribution is 2.53. The van der Waals surface area contributed by atoms with E-state index < -0.39 is 0 Å². The fourth-order valence-electron chi connectivity index (χ4n) is 7.22. The van der Waals surface area contributed by atoms with Crippen LogP contribution in [0.15, 0.2) is 0 Å². The van der Waals surface area contributed by atoms with Gasteiger partial charge in [-0.3, -0.25) is 0 Å². The molecular formula is C23H40. The first-order chi connectivity index (χ1) is 11.3. The molecule has 0 saturated heterocycles. The molecule has 0 aliphatic heterocycles. The van der Waals surface area contributed by atoms with E-state index in [9.17, 15) is 0 Å². The maximum absolute atomic E-state index is 1.60. The van der Waals surface area contributed by atoms with Gasteiger partial charge in [0.25, 0.3) is 0 Å². The lowest BCUT2D eigenvalue weighted by Gasteiger charge is -2.49. The third-order valence-corrected chi connectivity index (χ3v) is 8.13. The Kier molecular flexibility index (Phi) is 5.67. The van der Waals surface area contributed by atoms with E-state index in [1.165, 1.54) is 74.0 Å². The van der Waals surface area contributed by atoms with Crippen molar-refractivity contribution in [1.29, 1.82) is 0 Å². The molecule has 7 aliphatic rings. The molecule has 7 rings (SSSR count). The van der Waals surface area contributed by atoms with Crippen molar-refractivity contribution in [2.45, 2.75) is 109 Å². The van der Waals surface area contributed by atoms with Crippen molar-refractivity contribution < 1.29 is 0 Å². The fraction of sp³-hybridized carbons (Fsp3) is 1.00. The predicted octanol–water partition coefficient (Wildman–Crippen LogP) is 7.37. The van der Waals surface area contributed by atoms with Crippen molar-refractivity contribution in [2.75, 3.05) is 0 Å². The molecule has 0 aromatic rings. The van der Waals surface area contributed by atoms with Crippen molar-refractivity contribution in [3.8, 4) is 0 Å². The van der Waals surface area contributed by atoms with Crippen LogP contribution in [-0.2, 0) is 0 Å². The zero-order chi connectivity index (χ0) is 15.5. The minimum atomic E-state index is 1.17. The van der Waals surface area contributed by atoms with Crippen molar-refractivity contribution in [2.24, 2.45) is 35.5 Å². The Balaban J connectivity index is 0.0000000924. The second-order valence-electron chi connectivity index (χ2n) is 10.1. The van der Waals surface area contributed by atoms with Crippen LogP contribution in [-0.4, -0.2) is 0 Å². The lowest BCUT2D eigenvalue weighted by atomic mass is 9.56. The summed E-state index contributed by atoms with van der Waals surface area (Å²) in [5.74, 6) is 7.05. The van der Waals surface area contributed by atoms with Gasteiger partial charge in [0.1, 0.15) is 0 Å². The number of fused-ring (bicyclic) bond motifs is 2. The summed E-state index contributed by atoms with van der Waals surface area (Å²) >= 11 is 0. The van der Waals surface area contributed by atoms with E-state index in [1.54, 1.807) is 70.6 Å². The van der Waals surface area contributed by atoms with E-state index in [2.05, 4.69) is 0 Å². The standard InChI is InChI=1S/C10H16.C7H12.C6H12/c1-7-2-9-4-8(1)5-10(3-7)6-9;1-2-7-4-3-6(1)5-7;1-2-4-6-5-3-1/h7-10H,1-6H2;6-7H,1-5H2;1-6H2. The first kappa shape index (κ1) is 16.5. The monoisotopic (exact) mass is 316 g/mol. The summed E-state index contributed by atoms with van der Waals surface area (Å²) in [6.07, 6.45) is 26.4. The molecule has 0 unspecified atom stereocenters. The Morgan fingerprint density at radius 2 is 0.478 bits per heavy atom. The zero-order valence-corrected chi connectivity index (χ0v) is 15.5. The molecule has 0 aromatic carbocycles.